The molecule has 25 heavy (non-hydrogen) atoms. The van der Waals surface area contributed by atoms with Crippen molar-refractivity contribution in [2.45, 2.75) is 13.0 Å². The van der Waals surface area contributed by atoms with Gasteiger partial charge in [-0.2, -0.15) is 0 Å². The average molecular weight is 337 g/mol. The fraction of sp³-hybridized carbons (Fsp3) is 0.158. The predicted octanol–water partition coefficient (Wildman–Crippen LogP) is 2.44. The van der Waals surface area contributed by atoms with Gasteiger partial charge in [0.1, 0.15) is 5.75 Å². The molecular formula is C19H19N3O3. The first-order valence-electron chi connectivity index (χ1n) is 7.97. The summed E-state index contributed by atoms with van der Waals surface area (Å²) < 4.78 is 5.46. The van der Waals surface area contributed by atoms with Crippen LogP contribution in [0, 0.1) is 0 Å². The van der Waals surface area contributed by atoms with Crippen LogP contribution in [0.4, 0.5) is 10.5 Å². The number of hydrogen-bond acceptors (Lipinski definition) is 3. The molecule has 1 aliphatic rings. The Morgan fingerprint density at radius 1 is 1.16 bits per heavy atom. The van der Waals surface area contributed by atoms with Gasteiger partial charge in [-0.3, -0.25) is 4.79 Å². The van der Waals surface area contributed by atoms with E-state index >= 15 is 0 Å². The van der Waals surface area contributed by atoms with Gasteiger partial charge in [0.15, 0.2) is 0 Å². The van der Waals surface area contributed by atoms with Crippen LogP contribution in [0.2, 0.25) is 0 Å². The maximum Gasteiger partial charge on any atom is 0.316 e. The summed E-state index contributed by atoms with van der Waals surface area (Å²) in [6.07, 6.45) is 4.21. The molecule has 0 aliphatic carbocycles. The molecule has 0 unspecified atom stereocenters. The van der Waals surface area contributed by atoms with Gasteiger partial charge in [-0.15, -0.1) is 0 Å². The lowest BCUT2D eigenvalue weighted by molar-refractivity contribution is -0.116. The van der Waals surface area contributed by atoms with Crippen LogP contribution in [0.25, 0.3) is 6.08 Å². The van der Waals surface area contributed by atoms with E-state index in [1.54, 1.807) is 18.2 Å². The van der Waals surface area contributed by atoms with E-state index in [-0.39, 0.29) is 5.91 Å². The quantitative estimate of drug-likeness (QED) is 0.732. The SMILES string of the molecule is NC(=O)Nc1ccc(CNC(=O)/C=C/c2ccc3c(c2)CCO3)cc1. The molecule has 2 aromatic rings. The summed E-state index contributed by atoms with van der Waals surface area (Å²) in [5.41, 5.74) is 8.73. The topological polar surface area (TPSA) is 93.5 Å². The number of primary amides is 1. The summed E-state index contributed by atoms with van der Waals surface area (Å²) in [5.74, 6) is 0.756. The summed E-state index contributed by atoms with van der Waals surface area (Å²) >= 11 is 0. The molecule has 0 radical (unpaired) electrons. The molecular weight excluding hydrogens is 318 g/mol. The molecule has 6 heteroatoms. The molecule has 0 fully saturated rings. The highest BCUT2D eigenvalue weighted by molar-refractivity contribution is 5.91. The molecule has 6 nitrogen and oxygen atoms in total. The normalized spacial score (nSPS) is 12.5. The number of amides is 3. The van der Waals surface area contributed by atoms with Crippen molar-refractivity contribution in [3.8, 4) is 5.75 Å². The zero-order chi connectivity index (χ0) is 17.6. The van der Waals surface area contributed by atoms with Crippen LogP contribution in [-0.4, -0.2) is 18.5 Å². The molecule has 4 N–H and O–H groups in total. The minimum atomic E-state index is -0.607. The summed E-state index contributed by atoms with van der Waals surface area (Å²) in [6.45, 7) is 1.12. The van der Waals surface area contributed by atoms with E-state index in [9.17, 15) is 9.59 Å². The first-order valence-corrected chi connectivity index (χ1v) is 7.97. The van der Waals surface area contributed by atoms with Gasteiger partial charge >= 0.3 is 6.03 Å². The molecule has 3 rings (SSSR count). The number of anilines is 1. The Balaban J connectivity index is 1.51. The third-order valence-electron chi connectivity index (χ3n) is 3.83. The molecule has 0 bridgehead atoms. The Hall–Kier alpha value is -3.28. The van der Waals surface area contributed by atoms with Gasteiger partial charge in [-0.25, -0.2) is 4.79 Å². The van der Waals surface area contributed by atoms with Crippen LogP contribution in [0.5, 0.6) is 5.75 Å². The van der Waals surface area contributed by atoms with Crippen molar-refractivity contribution >= 4 is 23.7 Å². The van der Waals surface area contributed by atoms with E-state index in [1.165, 1.54) is 11.6 Å². The Kier molecular flexibility index (Phi) is 4.99. The van der Waals surface area contributed by atoms with Gasteiger partial charge in [-0.1, -0.05) is 18.2 Å². The monoisotopic (exact) mass is 337 g/mol. The van der Waals surface area contributed by atoms with Crippen LogP contribution in [0.3, 0.4) is 0 Å². The fourth-order valence-electron chi connectivity index (χ4n) is 2.58. The number of carbonyl (C=O) groups excluding carboxylic acids is 2. The van der Waals surface area contributed by atoms with Gasteiger partial charge in [-0.05, 0) is 47.0 Å². The second-order valence-electron chi connectivity index (χ2n) is 5.70. The average Bonchev–Trinajstić information content (AvgIpc) is 3.06. The fourth-order valence-corrected chi connectivity index (χ4v) is 2.58. The van der Waals surface area contributed by atoms with Gasteiger partial charge in [0.05, 0.1) is 6.61 Å². The van der Waals surface area contributed by atoms with Crippen molar-refractivity contribution in [3.05, 3.63) is 65.2 Å². The van der Waals surface area contributed by atoms with Gasteiger partial charge in [0, 0.05) is 24.7 Å². The Morgan fingerprint density at radius 3 is 2.72 bits per heavy atom. The highest BCUT2D eigenvalue weighted by Crippen LogP contribution is 2.26. The third kappa shape index (κ3) is 4.60. The highest BCUT2D eigenvalue weighted by atomic mass is 16.5. The number of ether oxygens (including phenoxy) is 1. The first-order chi connectivity index (χ1) is 12.1. The molecule has 0 spiro atoms. The van der Waals surface area contributed by atoms with Crippen molar-refractivity contribution in [2.24, 2.45) is 5.73 Å². The second-order valence-corrected chi connectivity index (χ2v) is 5.70. The van der Waals surface area contributed by atoms with E-state index in [2.05, 4.69) is 10.6 Å². The Labute approximate surface area is 145 Å². The van der Waals surface area contributed by atoms with E-state index in [1.807, 2.05) is 30.3 Å². The Bertz CT molecular complexity index is 813. The zero-order valence-corrected chi connectivity index (χ0v) is 13.6. The van der Waals surface area contributed by atoms with Crippen molar-refractivity contribution in [1.29, 1.82) is 0 Å². The largest absolute Gasteiger partial charge is 0.493 e. The second kappa shape index (κ2) is 7.53. The summed E-state index contributed by atoms with van der Waals surface area (Å²) in [5, 5.41) is 5.30. The molecule has 2 aromatic carbocycles. The molecule has 1 aliphatic heterocycles. The van der Waals surface area contributed by atoms with Crippen LogP contribution in [0.1, 0.15) is 16.7 Å². The van der Waals surface area contributed by atoms with Gasteiger partial charge in [0.2, 0.25) is 5.91 Å². The van der Waals surface area contributed by atoms with Gasteiger partial charge in [0.25, 0.3) is 0 Å². The third-order valence-corrected chi connectivity index (χ3v) is 3.83. The van der Waals surface area contributed by atoms with Crippen LogP contribution in [-0.2, 0) is 17.8 Å². The van der Waals surface area contributed by atoms with Gasteiger partial charge < -0.3 is 21.1 Å². The van der Waals surface area contributed by atoms with Crippen LogP contribution < -0.4 is 21.1 Å². The standard InChI is InChI=1S/C19H19N3O3/c20-19(24)22-16-5-1-14(2-6-16)12-21-18(23)8-4-13-3-7-17-15(11-13)9-10-25-17/h1-8,11H,9-10,12H2,(H,21,23)(H3,20,22,24)/b8-4+. The van der Waals surface area contributed by atoms with Crippen molar-refractivity contribution in [1.82, 2.24) is 5.32 Å². The number of rotatable bonds is 5. The lowest BCUT2D eigenvalue weighted by atomic mass is 10.1. The maximum absolute atomic E-state index is 11.9. The molecule has 128 valence electrons. The molecule has 0 atom stereocenters. The van der Waals surface area contributed by atoms with E-state index in [0.29, 0.717) is 12.2 Å². The highest BCUT2D eigenvalue weighted by Gasteiger charge is 2.11. The molecule has 0 aromatic heterocycles. The van der Waals surface area contributed by atoms with E-state index < -0.39 is 6.03 Å². The number of nitrogens with one attached hydrogen (secondary N) is 2. The van der Waals surface area contributed by atoms with E-state index in [4.69, 9.17) is 10.5 Å². The summed E-state index contributed by atoms with van der Waals surface area (Å²) in [7, 11) is 0. The number of urea groups is 1. The van der Waals surface area contributed by atoms with Crippen molar-refractivity contribution < 1.29 is 14.3 Å². The zero-order valence-electron chi connectivity index (χ0n) is 13.6. The maximum atomic E-state index is 11.9. The molecule has 1 heterocycles. The molecule has 0 saturated heterocycles. The lowest BCUT2D eigenvalue weighted by Crippen LogP contribution is -2.20. The van der Waals surface area contributed by atoms with Crippen molar-refractivity contribution in [2.75, 3.05) is 11.9 Å². The Morgan fingerprint density at radius 2 is 1.96 bits per heavy atom. The molecule has 0 saturated carbocycles. The predicted molar refractivity (Wildman–Crippen MR) is 96.2 cm³/mol. The smallest absolute Gasteiger partial charge is 0.316 e. The van der Waals surface area contributed by atoms with Crippen LogP contribution in [0.15, 0.2) is 48.5 Å². The summed E-state index contributed by atoms with van der Waals surface area (Å²) in [4.78, 5) is 22.7. The number of hydrogen-bond donors (Lipinski definition) is 3. The number of benzene rings is 2. The minimum absolute atomic E-state index is 0.170. The van der Waals surface area contributed by atoms with E-state index in [0.717, 1.165) is 29.9 Å². The number of carbonyl (C=O) groups is 2. The van der Waals surface area contributed by atoms with Crippen molar-refractivity contribution in [3.63, 3.8) is 0 Å². The number of fused-ring (bicyclic) bond motifs is 1. The number of nitrogens with two attached hydrogens (primary N) is 1. The molecule has 3 amide bonds. The van der Waals surface area contributed by atoms with Crippen LogP contribution >= 0.6 is 0 Å². The minimum Gasteiger partial charge on any atom is -0.493 e. The first kappa shape index (κ1) is 16.6. The lowest BCUT2D eigenvalue weighted by Gasteiger charge is -2.05. The summed E-state index contributed by atoms with van der Waals surface area (Å²) in [6, 6.07) is 12.4.